The Morgan fingerprint density at radius 3 is 2.26 bits per heavy atom. The molecule has 120 valence electrons. The molecule has 1 atom stereocenters. The summed E-state index contributed by atoms with van der Waals surface area (Å²) >= 11 is 0. The molecule has 1 aromatic heterocycles. The van der Waals surface area contributed by atoms with Gasteiger partial charge in [0, 0.05) is 12.5 Å². The molecule has 1 amide bonds. The van der Waals surface area contributed by atoms with Crippen LogP contribution in [0, 0.1) is 0 Å². The predicted molar refractivity (Wildman–Crippen MR) is 81.6 cm³/mol. The highest BCUT2D eigenvalue weighted by molar-refractivity contribution is 7.90. The normalized spacial score (nSPS) is 12.4. The number of nitrogens with one attached hydrogen (secondary N) is 1. The topological polar surface area (TPSA) is 113 Å². The summed E-state index contributed by atoms with van der Waals surface area (Å²) in [4.78, 5) is 27.2. The molecule has 0 fully saturated rings. The van der Waals surface area contributed by atoms with Crippen molar-refractivity contribution in [2.45, 2.75) is 11.1 Å². The number of rotatable bonds is 5. The molecule has 2 N–H and O–H groups in total. The maximum absolute atomic E-state index is 12.1. The molecule has 7 nitrogen and oxygen atoms in total. The highest BCUT2D eigenvalue weighted by Crippen LogP contribution is 2.14. The second-order valence-corrected chi connectivity index (χ2v) is 6.78. The number of carbonyl (C=O) groups is 2. The summed E-state index contributed by atoms with van der Waals surface area (Å²) in [6.45, 7) is 0. The lowest BCUT2D eigenvalue weighted by molar-refractivity contribution is -0.139. The van der Waals surface area contributed by atoms with E-state index < -0.39 is 27.8 Å². The number of benzene rings is 1. The van der Waals surface area contributed by atoms with E-state index in [1.807, 2.05) is 0 Å². The monoisotopic (exact) mass is 334 g/mol. The van der Waals surface area contributed by atoms with E-state index in [1.54, 1.807) is 30.3 Å². The molecule has 0 bridgehead atoms. The van der Waals surface area contributed by atoms with Gasteiger partial charge < -0.3 is 10.4 Å². The summed E-state index contributed by atoms with van der Waals surface area (Å²) in [5.74, 6) is -1.86. The third kappa shape index (κ3) is 4.13. The number of aromatic nitrogens is 1. The Morgan fingerprint density at radius 1 is 1.13 bits per heavy atom. The Bertz CT molecular complexity index is 817. The first-order valence-corrected chi connectivity index (χ1v) is 8.43. The molecule has 0 aliphatic rings. The van der Waals surface area contributed by atoms with E-state index in [9.17, 15) is 23.1 Å². The Hall–Kier alpha value is -2.74. The van der Waals surface area contributed by atoms with Crippen molar-refractivity contribution < 1.29 is 23.1 Å². The minimum absolute atomic E-state index is 0.0691. The quantitative estimate of drug-likeness (QED) is 0.844. The van der Waals surface area contributed by atoms with Gasteiger partial charge in [-0.2, -0.15) is 0 Å². The lowest BCUT2D eigenvalue weighted by Gasteiger charge is -2.14. The number of amides is 1. The zero-order valence-corrected chi connectivity index (χ0v) is 12.9. The van der Waals surface area contributed by atoms with E-state index in [2.05, 4.69) is 10.3 Å². The average molecular weight is 334 g/mol. The van der Waals surface area contributed by atoms with E-state index in [1.165, 1.54) is 12.1 Å². The fourth-order valence-electron chi connectivity index (χ4n) is 1.88. The van der Waals surface area contributed by atoms with Crippen LogP contribution in [0.2, 0.25) is 0 Å². The molecule has 0 radical (unpaired) electrons. The van der Waals surface area contributed by atoms with Crippen molar-refractivity contribution in [2.75, 3.05) is 6.26 Å². The summed E-state index contributed by atoms with van der Waals surface area (Å²) in [6.07, 6.45) is 2.10. The van der Waals surface area contributed by atoms with Gasteiger partial charge in [0.2, 0.25) is 0 Å². The number of carbonyl (C=O) groups excluding carboxylic acids is 1. The molecule has 1 unspecified atom stereocenters. The van der Waals surface area contributed by atoms with Crippen LogP contribution in [0.5, 0.6) is 0 Å². The van der Waals surface area contributed by atoms with E-state index in [-0.39, 0.29) is 10.6 Å². The van der Waals surface area contributed by atoms with Crippen molar-refractivity contribution in [1.82, 2.24) is 10.3 Å². The molecular weight excluding hydrogens is 320 g/mol. The first kappa shape index (κ1) is 16.6. The summed E-state index contributed by atoms with van der Waals surface area (Å²) in [6, 6.07) is 9.51. The van der Waals surface area contributed by atoms with Gasteiger partial charge in [0.1, 0.15) is 0 Å². The number of pyridine rings is 1. The van der Waals surface area contributed by atoms with Crippen LogP contribution in [-0.2, 0) is 14.6 Å². The van der Waals surface area contributed by atoms with Gasteiger partial charge in [0.15, 0.2) is 20.9 Å². The minimum atomic E-state index is -3.46. The van der Waals surface area contributed by atoms with Crippen molar-refractivity contribution >= 4 is 21.7 Å². The van der Waals surface area contributed by atoms with Gasteiger partial charge in [-0.3, -0.25) is 4.79 Å². The minimum Gasteiger partial charge on any atom is -0.479 e. The SMILES string of the molecule is CS(=O)(=O)c1ccc(C(=O)NC(C(=O)O)c2ccccc2)cn1. The molecule has 0 aliphatic carbocycles. The van der Waals surface area contributed by atoms with Crippen LogP contribution in [0.1, 0.15) is 22.0 Å². The van der Waals surface area contributed by atoms with Gasteiger partial charge in [-0.1, -0.05) is 30.3 Å². The summed E-state index contributed by atoms with van der Waals surface area (Å²) < 4.78 is 22.7. The van der Waals surface area contributed by atoms with Crippen molar-refractivity contribution in [2.24, 2.45) is 0 Å². The van der Waals surface area contributed by atoms with Crippen LogP contribution < -0.4 is 5.32 Å². The van der Waals surface area contributed by atoms with E-state index in [0.717, 1.165) is 12.5 Å². The standard InChI is InChI=1S/C15H14N2O5S/c1-23(21,22)12-8-7-11(9-16-12)14(18)17-13(15(19)20)10-5-3-2-4-6-10/h2-9,13H,1H3,(H,17,18)(H,19,20). The second kappa shape index (κ2) is 6.57. The van der Waals surface area contributed by atoms with Crippen LogP contribution in [0.15, 0.2) is 53.7 Å². The maximum atomic E-state index is 12.1. The van der Waals surface area contributed by atoms with Gasteiger partial charge in [-0.15, -0.1) is 0 Å². The summed E-state index contributed by atoms with van der Waals surface area (Å²) in [7, 11) is -3.46. The van der Waals surface area contributed by atoms with E-state index >= 15 is 0 Å². The number of hydrogen-bond acceptors (Lipinski definition) is 5. The largest absolute Gasteiger partial charge is 0.479 e. The Kier molecular flexibility index (Phi) is 4.75. The number of carboxylic acids is 1. The van der Waals surface area contributed by atoms with Crippen LogP contribution in [-0.4, -0.2) is 36.6 Å². The fraction of sp³-hybridized carbons (Fsp3) is 0.133. The highest BCUT2D eigenvalue weighted by atomic mass is 32.2. The molecule has 2 rings (SSSR count). The third-order valence-electron chi connectivity index (χ3n) is 3.03. The highest BCUT2D eigenvalue weighted by Gasteiger charge is 2.22. The first-order valence-electron chi connectivity index (χ1n) is 6.54. The lowest BCUT2D eigenvalue weighted by atomic mass is 10.1. The molecule has 23 heavy (non-hydrogen) atoms. The molecule has 1 heterocycles. The molecule has 2 aromatic rings. The van der Waals surface area contributed by atoms with Gasteiger partial charge >= 0.3 is 5.97 Å². The van der Waals surface area contributed by atoms with Gasteiger partial charge in [0.05, 0.1) is 5.56 Å². The number of nitrogens with zero attached hydrogens (tertiary/aromatic N) is 1. The molecular formula is C15H14N2O5S. The molecule has 0 saturated heterocycles. The van der Waals surface area contributed by atoms with Gasteiger partial charge in [0.25, 0.3) is 5.91 Å². The van der Waals surface area contributed by atoms with Crippen molar-refractivity contribution in [3.8, 4) is 0 Å². The number of hydrogen-bond donors (Lipinski definition) is 2. The lowest BCUT2D eigenvalue weighted by Crippen LogP contribution is -2.33. The van der Waals surface area contributed by atoms with Crippen molar-refractivity contribution in [1.29, 1.82) is 0 Å². The molecule has 0 saturated carbocycles. The van der Waals surface area contributed by atoms with Crippen LogP contribution in [0.3, 0.4) is 0 Å². The Morgan fingerprint density at radius 2 is 1.78 bits per heavy atom. The van der Waals surface area contributed by atoms with Crippen molar-refractivity contribution in [3.63, 3.8) is 0 Å². The van der Waals surface area contributed by atoms with Crippen molar-refractivity contribution in [3.05, 3.63) is 59.8 Å². The summed E-state index contributed by atoms with van der Waals surface area (Å²) in [5.41, 5.74) is 0.494. The maximum Gasteiger partial charge on any atom is 0.330 e. The third-order valence-corrected chi connectivity index (χ3v) is 4.04. The smallest absolute Gasteiger partial charge is 0.330 e. The van der Waals surface area contributed by atoms with Gasteiger partial charge in [-0.05, 0) is 17.7 Å². The number of aliphatic carboxylic acids is 1. The molecule has 0 aliphatic heterocycles. The van der Waals surface area contributed by atoms with Crippen LogP contribution in [0.25, 0.3) is 0 Å². The van der Waals surface area contributed by atoms with Crippen LogP contribution >= 0.6 is 0 Å². The average Bonchev–Trinajstić information content (AvgIpc) is 2.52. The first-order chi connectivity index (χ1) is 10.8. The molecule has 0 spiro atoms. The fourth-order valence-corrected chi connectivity index (χ4v) is 2.44. The second-order valence-electron chi connectivity index (χ2n) is 4.81. The van der Waals surface area contributed by atoms with Gasteiger partial charge in [-0.25, -0.2) is 18.2 Å². The molecule has 1 aromatic carbocycles. The number of carboxylic acid groups (broad SMARTS) is 1. The molecule has 8 heteroatoms. The Balaban J connectivity index is 2.21. The number of sulfone groups is 1. The Labute approximate surface area is 132 Å². The van der Waals surface area contributed by atoms with E-state index in [0.29, 0.717) is 5.56 Å². The van der Waals surface area contributed by atoms with Crippen LogP contribution in [0.4, 0.5) is 0 Å². The zero-order chi connectivity index (χ0) is 17.0. The van der Waals surface area contributed by atoms with E-state index in [4.69, 9.17) is 0 Å². The predicted octanol–water partition coefficient (Wildman–Crippen LogP) is 1.04. The zero-order valence-electron chi connectivity index (χ0n) is 12.1. The summed E-state index contributed by atoms with van der Waals surface area (Å²) in [5, 5.41) is 11.5.